The SMILES string of the molecule is C#CC(C(O)CCCCc1cccc([N+](=O)[O-])c1)N1CCN(N2CCN(C)CC2)CC1. The van der Waals surface area contributed by atoms with Crippen molar-refractivity contribution in [3.8, 4) is 12.3 Å². The molecule has 8 heteroatoms. The number of benzene rings is 1. The molecule has 2 saturated heterocycles. The Bertz CT molecular complexity index is 752. The van der Waals surface area contributed by atoms with E-state index in [1.807, 2.05) is 6.07 Å². The number of aliphatic hydroxyl groups is 1. The molecule has 0 saturated carbocycles. The number of aliphatic hydroxyl groups excluding tert-OH is 1. The van der Waals surface area contributed by atoms with Gasteiger partial charge in [-0.15, -0.1) is 6.42 Å². The van der Waals surface area contributed by atoms with E-state index in [0.717, 1.165) is 77.2 Å². The summed E-state index contributed by atoms with van der Waals surface area (Å²) in [5.74, 6) is 2.81. The van der Waals surface area contributed by atoms with Crippen molar-refractivity contribution in [2.45, 2.75) is 37.8 Å². The Morgan fingerprint density at radius 2 is 1.74 bits per heavy atom. The van der Waals surface area contributed by atoms with E-state index in [1.165, 1.54) is 6.07 Å². The molecule has 0 radical (unpaired) electrons. The van der Waals surface area contributed by atoms with Crippen LogP contribution in [0.5, 0.6) is 0 Å². The van der Waals surface area contributed by atoms with Crippen LogP contribution in [0.15, 0.2) is 24.3 Å². The third-order valence-corrected chi connectivity index (χ3v) is 6.44. The highest BCUT2D eigenvalue weighted by atomic mass is 16.6. The zero-order valence-corrected chi connectivity index (χ0v) is 18.5. The molecule has 0 aliphatic carbocycles. The number of nitro groups is 1. The quantitative estimate of drug-likeness (QED) is 0.276. The number of rotatable bonds is 9. The maximum atomic E-state index is 10.9. The van der Waals surface area contributed by atoms with Gasteiger partial charge in [0, 0.05) is 64.5 Å². The Morgan fingerprint density at radius 1 is 1.10 bits per heavy atom. The van der Waals surface area contributed by atoms with E-state index in [1.54, 1.807) is 12.1 Å². The van der Waals surface area contributed by atoms with Crippen LogP contribution >= 0.6 is 0 Å². The monoisotopic (exact) mass is 429 g/mol. The predicted molar refractivity (Wildman–Crippen MR) is 121 cm³/mol. The molecule has 2 fully saturated rings. The van der Waals surface area contributed by atoms with Gasteiger partial charge in [0.15, 0.2) is 0 Å². The van der Waals surface area contributed by atoms with Crippen molar-refractivity contribution in [3.63, 3.8) is 0 Å². The summed E-state index contributed by atoms with van der Waals surface area (Å²) in [5.41, 5.74) is 1.08. The second kappa shape index (κ2) is 11.6. The lowest BCUT2D eigenvalue weighted by molar-refractivity contribution is -0.384. The van der Waals surface area contributed by atoms with E-state index in [0.29, 0.717) is 6.42 Å². The molecule has 0 spiro atoms. The summed E-state index contributed by atoms with van der Waals surface area (Å²) in [6.45, 7) is 7.97. The summed E-state index contributed by atoms with van der Waals surface area (Å²) in [4.78, 5) is 15.1. The highest BCUT2D eigenvalue weighted by molar-refractivity contribution is 5.34. The van der Waals surface area contributed by atoms with E-state index >= 15 is 0 Å². The third-order valence-electron chi connectivity index (χ3n) is 6.44. The fraction of sp³-hybridized carbons (Fsp3) is 0.652. The Balaban J connectivity index is 1.39. The second-order valence-electron chi connectivity index (χ2n) is 8.60. The average Bonchev–Trinajstić information content (AvgIpc) is 2.78. The average molecular weight is 430 g/mol. The molecular weight excluding hydrogens is 394 g/mol. The smallest absolute Gasteiger partial charge is 0.269 e. The molecule has 0 aromatic heterocycles. The summed E-state index contributed by atoms with van der Waals surface area (Å²) in [6.07, 6.45) is 8.35. The number of aryl methyl sites for hydroxylation is 1. The van der Waals surface area contributed by atoms with Crippen LogP contribution in [0.1, 0.15) is 24.8 Å². The molecule has 2 unspecified atom stereocenters. The number of piperazine rings is 2. The van der Waals surface area contributed by atoms with Gasteiger partial charge in [0.2, 0.25) is 0 Å². The highest BCUT2D eigenvalue weighted by Crippen LogP contribution is 2.18. The molecule has 0 bridgehead atoms. The topological polar surface area (TPSA) is 76.3 Å². The number of hydrogen-bond acceptors (Lipinski definition) is 7. The first-order valence-electron chi connectivity index (χ1n) is 11.3. The summed E-state index contributed by atoms with van der Waals surface area (Å²) >= 11 is 0. The molecule has 1 aromatic carbocycles. The lowest BCUT2D eigenvalue weighted by atomic mass is 10.0. The van der Waals surface area contributed by atoms with Crippen molar-refractivity contribution in [2.75, 3.05) is 59.4 Å². The van der Waals surface area contributed by atoms with Crippen molar-refractivity contribution in [1.29, 1.82) is 0 Å². The predicted octanol–water partition coefficient (Wildman–Crippen LogP) is 1.45. The van der Waals surface area contributed by atoms with Crippen molar-refractivity contribution < 1.29 is 10.0 Å². The molecular formula is C23H35N5O3. The fourth-order valence-electron chi connectivity index (χ4n) is 4.48. The van der Waals surface area contributed by atoms with Crippen LogP contribution in [0.2, 0.25) is 0 Å². The molecule has 2 heterocycles. The first-order valence-corrected chi connectivity index (χ1v) is 11.3. The molecule has 2 aliphatic heterocycles. The molecule has 3 rings (SSSR count). The minimum absolute atomic E-state index is 0.126. The van der Waals surface area contributed by atoms with Crippen molar-refractivity contribution >= 4 is 5.69 Å². The van der Waals surface area contributed by atoms with E-state index < -0.39 is 6.10 Å². The van der Waals surface area contributed by atoms with Gasteiger partial charge in [-0.3, -0.25) is 15.0 Å². The molecule has 0 amide bonds. The normalized spacial score (nSPS) is 21.5. The third kappa shape index (κ3) is 6.73. The first kappa shape index (κ1) is 23.6. The van der Waals surface area contributed by atoms with Gasteiger partial charge < -0.3 is 10.0 Å². The number of hydrazine groups is 1. The minimum atomic E-state index is -0.551. The maximum Gasteiger partial charge on any atom is 0.269 e. The van der Waals surface area contributed by atoms with E-state index in [4.69, 9.17) is 6.42 Å². The van der Waals surface area contributed by atoms with Gasteiger partial charge in [-0.1, -0.05) is 24.5 Å². The number of terminal acetylenes is 1. The lowest BCUT2D eigenvalue weighted by Crippen LogP contribution is -2.60. The van der Waals surface area contributed by atoms with Crippen LogP contribution in [-0.4, -0.2) is 101 Å². The summed E-state index contributed by atoms with van der Waals surface area (Å²) in [6, 6.07) is 6.51. The van der Waals surface area contributed by atoms with Crippen molar-refractivity contribution in [1.82, 2.24) is 19.8 Å². The zero-order valence-electron chi connectivity index (χ0n) is 18.5. The largest absolute Gasteiger partial charge is 0.390 e. The van der Waals surface area contributed by atoms with Crippen LogP contribution in [-0.2, 0) is 6.42 Å². The standard InChI is InChI=1S/C23H35N5O3/c1-3-22(25-13-17-27(18-14-25)26-15-11-24(2)12-16-26)23(29)10-5-4-7-20-8-6-9-21(19-20)28(30)31/h1,6,8-9,19,22-23,29H,4-5,7,10-18H2,2H3. The van der Waals surface area contributed by atoms with E-state index in [-0.39, 0.29) is 16.7 Å². The van der Waals surface area contributed by atoms with Gasteiger partial charge in [-0.25, -0.2) is 10.0 Å². The van der Waals surface area contributed by atoms with Crippen molar-refractivity contribution in [2.24, 2.45) is 0 Å². The van der Waals surface area contributed by atoms with Crippen LogP contribution in [0.25, 0.3) is 0 Å². The summed E-state index contributed by atoms with van der Waals surface area (Å²) in [7, 11) is 2.16. The van der Waals surface area contributed by atoms with Gasteiger partial charge in [0.05, 0.1) is 17.1 Å². The van der Waals surface area contributed by atoms with Crippen LogP contribution in [0.4, 0.5) is 5.69 Å². The Morgan fingerprint density at radius 3 is 2.35 bits per heavy atom. The molecule has 1 aromatic rings. The second-order valence-corrected chi connectivity index (χ2v) is 8.60. The van der Waals surface area contributed by atoms with Gasteiger partial charge in [0.25, 0.3) is 5.69 Å². The number of unbranched alkanes of at least 4 members (excludes halogenated alkanes) is 1. The molecule has 8 nitrogen and oxygen atoms in total. The summed E-state index contributed by atoms with van der Waals surface area (Å²) in [5, 5.41) is 26.5. The number of nitro benzene ring substituents is 1. The zero-order chi connectivity index (χ0) is 22.2. The Kier molecular flexibility index (Phi) is 8.81. The molecule has 31 heavy (non-hydrogen) atoms. The highest BCUT2D eigenvalue weighted by Gasteiger charge is 2.30. The fourth-order valence-corrected chi connectivity index (χ4v) is 4.48. The van der Waals surface area contributed by atoms with E-state index in [9.17, 15) is 15.2 Å². The lowest BCUT2D eigenvalue weighted by Gasteiger charge is -2.45. The molecule has 170 valence electrons. The Labute approximate surface area is 185 Å². The number of nitrogens with zero attached hydrogens (tertiary/aromatic N) is 5. The molecule has 1 N–H and O–H groups in total. The van der Waals surface area contributed by atoms with Crippen molar-refractivity contribution in [3.05, 3.63) is 39.9 Å². The van der Waals surface area contributed by atoms with Gasteiger partial charge in [-0.2, -0.15) is 0 Å². The van der Waals surface area contributed by atoms with Gasteiger partial charge in [0.1, 0.15) is 0 Å². The van der Waals surface area contributed by atoms with Gasteiger partial charge in [-0.05, 0) is 31.9 Å². The van der Waals surface area contributed by atoms with E-state index in [2.05, 4.69) is 32.8 Å². The summed E-state index contributed by atoms with van der Waals surface area (Å²) < 4.78 is 0. The van der Waals surface area contributed by atoms with Crippen LogP contribution in [0.3, 0.4) is 0 Å². The van der Waals surface area contributed by atoms with Gasteiger partial charge >= 0.3 is 0 Å². The molecule has 2 atom stereocenters. The maximum absolute atomic E-state index is 10.9. The van der Waals surface area contributed by atoms with Crippen LogP contribution < -0.4 is 0 Å². The number of non-ortho nitro benzene ring substituents is 1. The number of hydrogen-bond donors (Lipinski definition) is 1. The number of likely N-dealkylation sites (N-methyl/N-ethyl adjacent to an activating group) is 1. The first-order chi connectivity index (χ1) is 15.0. The molecule has 2 aliphatic rings. The minimum Gasteiger partial charge on any atom is -0.390 e. The Hall–Kier alpha value is -2.02. The van der Waals surface area contributed by atoms with Crippen LogP contribution in [0, 0.1) is 22.5 Å².